The summed E-state index contributed by atoms with van der Waals surface area (Å²) in [4.78, 5) is 21.3. The van der Waals surface area contributed by atoms with E-state index < -0.39 is 11.9 Å². The van der Waals surface area contributed by atoms with Crippen LogP contribution in [0.5, 0.6) is 0 Å². The first-order valence-corrected chi connectivity index (χ1v) is 6.31. The van der Waals surface area contributed by atoms with E-state index in [1.165, 1.54) is 6.42 Å². The Hall–Kier alpha value is -1.06. The van der Waals surface area contributed by atoms with E-state index >= 15 is 0 Å². The standard InChI is InChI=1S/C13H22O4/c1-8(2)11-5-4-9(3)6-10(11)7-17-13(16)12(14)15/h8-11H,4-7H2,1-3H3,(H,14,15). The highest BCUT2D eigenvalue weighted by molar-refractivity contribution is 6.28. The fourth-order valence-corrected chi connectivity index (χ4v) is 2.84. The molecule has 0 amide bonds. The minimum absolute atomic E-state index is 0.248. The van der Waals surface area contributed by atoms with Crippen molar-refractivity contribution in [1.29, 1.82) is 0 Å². The van der Waals surface area contributed by atoms with E-state index in [0.29, 0.717) is 23.7 Å². The van der Waals surface area contributed by atoms with Crippen LogP contribution in [0.3, 0.4) is 0 Å². The van der Waals surface area contributed by atoms with Gasteiger partial charge in [0, 0.05) is 0 Å². The number of carboxylic acid groups (broad SMARTS) is 1. The Morgan fingerprint density at radius 3 is 2.53 bits per heavy atom. The Balaban J connectivity index is 2.52. The number of ether oxygens (including phenoxy) is 1. The molecular weight excluding hydrogens is 220 g/mol. The Kier molecular flexibility index (Phi) is 4.97. The third-order valence-corrected chi connectivity index (χ3v) is 3.76. The quantitative estimate of drug-likeness (QED) is 0.609. The average Bonchev–Trinajstić information content (AvgIpc) is 2.25. The van der Waals surface area contributed by atoms with Gasteiger partial charge < -0.3 is 9.84 Å². The van der Waals surface area contributed by atoms with Gasteiger partial charge in [-0.3, -0.25) is 0 Å². The molecule has 1 rings (SSSR count). The normalized spacial score (nSPS) is 29.1. The highest BCUT2D eigenvalue weighted by Crippen LogP contribution is 2.38. The number of hydrogen-bond acceptors (Lipinski definition) is 3. The van der Waals surface area contributed by atoms with Crippen molar-refractivity contribution in [2.45, 2.75) is 40.0 Å². The highest BCUT2D eigenvalue weighted by atomic mass is 16.6. The summed E-state index contributed by atoms with van der Waals surface area (Å²) in [7, 11) is 0. The van der Waals surface area contributed by atoms with E-state index in [1.54, 1.807) is 0 Å². The molecule has 1 aliphatic carbocycles. The molecule has 0 bridgehead atoms. The highest BCUT2D eigenvalue weighted by Gasteiger charge is 2.31. The van der Waals surface area contributed by atoms with Gasteiger partial charge in [0.25, 0.3) is 0 Å². The molecule has 0 aliphatic heterocycles. The molecule has 0 aromatic heterocycles. The number of carbonyl (C=O) groups excluding carboxylic acids is 1. The summed E-state index contributed by atoms with van der Waals surface area (Å²) in [5.41, 5.74) is 0. The van der Waals surface area contributed by atoms with Crippen molar-refractivity contribution in [3.05, 3.63) is 0 Å². The van der Waals surface area contributed by atoms with Crippen LogP contribution in [0.25, 0.3) is 0 Å². The average molecular weight is 242 g/mol. The molecule has 0 radical (unpaired) electrons. The van der Waals surface area contributed by atoms with Crippen molar-refractivity contribution in [3.8, 4) is 0 Å². The first-order valence-electron chi connectivity index (χ1n) is 6.31. The number of carboxylic acids is 1. The third kappa shape index (κ3) is 4.02. The molecule has 98 valence electrons. The lowest BCUT2D eigenvalue weighted by atomic mass is 9.70. The molecule has 17 heavy (non-hydrogen) atoms. The van der Waals surface area contributed by atoms with Gasteiger partial charge in [0.2, 0.25) is 0 Å². The lowest BCUT2D eigenvalue weighted by Crippen LogP contribution is -2.32. The molecule has 0 saturated heterocycles. The molecule has 4 nitrogen and oxygen atoms in total. The second-order valence-electron chi connectivity index (χ2n) is 5.49. The molecule has 1 N–H and O–H groups in total. The maximum Gasteiger partial charge on any atom is 0.417 e. The van der Waals surface area contributed by atoms with Crippen LogP contribution in [-0.4, -0.2) is 23.7 Å². The van der Waals surface area contributed by atoms with E-state index in [1.807, 2.05) is 0 Å². The van der Waals surface area contributed by atoms with Gasteiger partial charge in [-0.05, 0) is 36.5 Å². The maximum absolute atomic E-state index is 10.9. The van der Waals surface area contributed by atoms with Crippen LogP contribution in [0.15, 0.2) is 0 Å². The summed E-state index contributed by atoms with van der Waals surface area (Å²) in [6, 6.07) is 0. The molecule has 0 spiro atoms. The number of hydrogen-bond donors (Lipinski definition) is 1. The first-order chi connectivity index (χ1) is 7.91. The molecular formula is C13H22O4. The van der Waals surface area contributed by atoms with E-state index in [2.05, 4.69) is 20.8 Å². The van der Waals surface area contributed by atoms with Gasteiger partial charge in [-0.15, -0.1) is 0 Å². The zero-order chi connectivity index (χ0) is 13.0. The molecule has 1 fully saturated rings. The zero-order valence-corrected chi connectivity index (χ0v) is 10.8. The summed E-state index contributed by atoms with van der Waals surface area (Å²) >= 11 is 0. The minimum atomic E-state index is -1.50. The molecule has 3 atom stereocenters. The Bertz CT molecular complexity index is 285. The summed E-state index contributed by atoms with van der Waals surface area (Å²) in [5, 5.41) is 8.46. The van der Waals surface area contributed by atoms with Crippen LogP contribution in [0.1, 0.15) is 40.0 Å². The molecule has 4 heteroatoms. The Morgan fingerprint density at radius 1 is 1.35 bits per heavy atom. The minimum Gasteiger partial charge on any atom is -0.473 e. The smallest absolute Gasteiger partial charge is 0.417 e. The summed E-state index contributed by atoms with van der Waals surface area (Å²) < 4.78 is 4.83. The number of aliphatic carboxylic acids is 1. The second-order valence-corrected chi connectivity index (χ2v) is 5.49. The predicted octanol–water partition coefficient (Wildman–Crippen LogP) is 2.32. The van der Waals surface area contributed by atoms with Crippen molar-refractivity contribution >= 4 is 11.9 Å². The van der Waals surface area contributed by atoms with Crippen molar-refractivity contribution in [2.75, 3.05) is 6.61 Å². The number of esters is 1. The van der Waals surface area contributed by atoms with Crippen molar-refractivity contribution < 1.29 is 19.4 Å². The molecule has 1 aliphatic rings. The SMILES string of the molecule is CC1CCC(C(C)C)C(COC(=O)C(=O)O)C1. The van der Waals surface area contributed by atoms with Gasteiger partial charge in [0.1, 0.15) is 0 Å². The first kappa shape index (κ1) is 14.0. The van der Waals surface area contributed by atoms with Crippen LogP contribution >= 0.6 is 0 Å². The van der Waals surface area contributed by atoms with Gasteiger partial charge >= 0.3 is 11.9 Å². The van der Waals surface area contributed by atoms with Gasteiger partial charge in [0.05, 0.1) is 6.61 Å². The van der Waals surface area contributed by atoms with Gasteiger partial charge in [-0.25, -0.2) is 9.59 Å². The predicted molar refractivity (Wildman–Crippen MR) is 63.4 cm³/mol. The largest absolute Gasteiger partial charge is 0.473 e. The van der Waals surface area contributed by atoms with Crippen LogP contribution in [0.2, 0.25) is 0 Å². The van der Waals surface area contributed by atoms with Crippen molar-refractivity contribution in [1.82, 2.24) is 0 Å². The molecule has 1 saturated carbocycles. The van der Waals surface area contributed by atoms with E-state index in [0.717, 1.165) is 12.8 Å². The van der Waals surface area contributed by atoms with Crippen LogP contribution in [0.4, 0.5) is 0 Å². The molecule has 0 heterocycles. The molecule has 0 aromatic rings. The topological polar surface area (TPSA) is 63.6 Å². The maximum atomic E-state index is 10.9. The lowest BCUT2D eigenvalue weighted by Gasteiger charge is -2.36. The third-order valence-electron chi connectivity index (χ3n) is 3.76. The van der Waals surface area contributed by atoms with Crippen molar-refractivity contribution in [3.63, 3.8) is 0 Å². The van der Waals surface area contributed by atoms with Crippen LogP contribution in [-0.2, 0) is 14.3 Å². The van der Waals surface area contributed by atoms with Crippen LogP contribution < -0.4 is 0 Å². The monoisotopic (exact) mass is 242 g/mol. The number of rotatable bonds is 3. The molecule has 0 aromatic carbocycles. The summed E-state index contributed by atoms with van der Waals surface area (Å²) in [6.07, 6.45) is 3.39. The fourth-order valence-electron chi connectivity index (χ4n) is 2.84. The fraction of sp³-hybridized carbons (Fsp3) is 0.846. The Labute approximate surface area is 102 Å². The van der Waals surface area contributed by atoms with Crippen molar-refractivity contribution in [2.24, 2.45) is 23.7 Å². The zero-order valence-electron chi connectivity index (χ0n) is 10.8. The van der Waals surface area contributed by atoms with E-state index in [-0.39, 0.29) is 6.61 Å². The molecule has 3 unspecified atom stereocenters. The van der Waals surface area contributed by atoms with Gasteiger partial charge in [-0.1, -0.05) is 27.2 Å². The number of carbonyl (C=O) groups is 2. The van der Waals surface area contributed by atoms with Gasteiger partial charge in [0.15, 0.2) is 0 Å². The van der Waals surface area contributed by atoms with Gasteiger partial charge in [-0.2, -0.15) is 0 Å². The lowest BCUT2D eigenvalue weighted by molar-refractivity contribution is -0.165. The summed E-state index contributed by atoms with van der Waals surface area (Å²) in [5.74, 6) is -0.606. The van der Waals surface area contributed by atoms with Crippen LogP contribution in [0, 0.1) is 23.7 Å². The van der Waals surface area contributed by atoms with E-state index in [9.17, 15) is 9.59 Å². The van der Waals surface area contributed by atoms with E-state index in [4.69, 9.17) is 9.84 Å². The Morgan fingerprint density at radius 2 is 2.00 bits per heavy atom. The second kappa shape index (κ2) is 6.03. The summed E-state index contributed by atoms with van der Waals surface area (Å²) in [6.45, 7) is 6.79.